The summed E-state index contributed by atoms with van der Waals surface area (Å²) in [6.45, 7) is 9.34. The molecular formula is C17H34IN5. The van der Waals surface area contributed by atoms with Gasteiger partial charge in [0.05, 0.1) is 0 Å². The standard InChI is InChI=1S/C17H33N5.HI/c1-3-21-9-4-5-16(21)12-20-17(18-2)19-11-14-8-10-22(13-14)15-6-7-15;/h14-16H,3-13H2,1-2H3,(H2,18,19,20);1H. The molecule has 134 valence electrons. The number of halogens is 1. The minimum absolute atomic E-state index is 0. The Bertz CT molecular complexity index is 385. The molecule has 0 aromatic rings. The van der Waals surface area contributed by atoms with Crippen LogP contribution in [0.15, 0.2) is 4.99 Å². The van der Waals surface area contributed by atoms with Crippen molar-refractivity contribution in [1.29, 1.82) is 0 Å². The van der Waals surface area contributed by atoms with E-state index in [9.17, 15) is 0 Å². The first-order chi connectivity index (χ1) is 10.8. The molecule has 0 aromatic heterocycles. The highest BCUT2D eigenvalue weighted by atomic mass is 127. The van der Waals surface area contributed by atoms with Gasteiger partial charge in [0.1, 0.15) is 0 Å². The summed E-state index contributed by atoms with van der Waals surface area (Å²) in [6, 6.07) is 1.60. The lowest BCUT2D eigenvalue weighted by Gasteiger charge is -2.24. The molecule has 2 unspecified atom stereocenters. The van der Waals surface area contributed by atoms with Gasteiger partial charge in [-0.05, 0) is 57.7 Å². The zero-order valence-electron chi connectivity index (χ0n) is 14.8. The largest absolute Gasteiger partial charge is 0.356 e. The first-order valence-corrected chi connectivity index (χ1v) is 9.22. The van der Waals surface area contributed by atoms with E-state index in [1.165, 1.54) is 51.7 Å². The van der Waals surface area contributed by atoms with Crippen molar-refractivity contribution in [2.24, 2.45) is 10.9 Å². The van der Waals surface area contributed by atoms with Crippen molar-refractivity contribution in [3.63, 3.8) is 0 Å². The fourth-order valence-electron chi connectivity index (χ4n) is 4.02. The van der Waals surface area contributed by atoms with Gasteiger partial charge in [-0.25, -0.2) is 0 Å². The van der Waals surface area contributed by atoms with E-state index in [4.69, 9.17) is 0 Å². The van der Waals surface area contributed by atoms with Crippen LogP contribution in [-0.2, 0) is 0 Å². The molecule has 0 bridgehead atoms. The van der Waals surface area contributed by atoms with Gasteiger partial charge < -0.3 is 15.5 Å². The summed E-state index contributed by atoms with van der Waals surface area (Å²) in [4.78, 5) is 9.64. The minimum atomic E-state index is 0. The summed E-state index contributed by atoms with van der Waals surface area (Å²) in [5.41, 5.74) is 0. The van der Waals surface area contributed by atoms with Crippen molar-refractivity contribution in [2.75, 3.05) is 46.3 Å². The molecule has 3 aliphatic rings. The third kappa shape index (κ3) is 5.46. The average Bonchev–Trinajstić information content (AvgIpc) is 3.11. The van der Waals surface area contributed by atoms with Gasteiger partial charge in [-0.15, -0.1) is 24.0 Å². The highest BCUT2D eigenvalue weighted by Gasteiger charge is 2.34. The first kappa shape index (κ1) is 19.2. The molecule has 2 N–H and O–H groups in total. The Balaban J connectivity index is 0.00000192. The zero-order valence-corrected chi connectivity index (χ0v) is 17.1. The van der Waals surface area contributed by atoms with Crippen LogP contribution in [0.2, 0.25) is 0 Å². The second-order valence-electron chi connectivity index (χ2n) is 7.14. The Morgan fingerprint density at radius 3 is 2.57 bits per heavy atom. The summed E-state index contributed by atoms with van der Waals surface area (Å²) in [7, 11) is 1.88. The molecule has 3 fully saturated rings. The van der Waals surface area contributed by atoms with Crippen molar-refractivity contribution in [2.45, 2.75) is 51.1 Å². The van der Waals surface area contributed by atoms with Gasteiger partial charge in [0.25, 0.3) is 0 Å². The van der Waals surface area contributed by atoms with E-state index in [1.807, 2.05) is 7.05 Å². The molecule has 0 amide bonds. The van der Waals surface area contributed by atoms with Crippen LogP contribution < -0.4 is 10.6 Å². The van der Waals surface area contributed by atoms with E-state index < -0.39 is 0 Å². The number of guanidine groups is 1. The molecule has 0 spiro atoms. The van der Waals surface area contributed by atoms with Crippen LogP contribution in [0.5, 0.6) is 0 Å². The normalized spacial score (nSPS) is 29.6. The van der Waals surface area contributed by atoms with Crippen molar-refractivity contribution < 1.29 is 0 Å². The summed E-state index contributed by atoms with van der Waals surface area (Å²) in [5.74, 6) is 1.77. The second-order valence-corrected chi connectivity index (χ2v) is 7.14. The van der Waals surface area contributed by atoms with Gasteiger partial charge in [-0.2, -0.15) is 0 Å². The molecule has 0 aromatic carbocycles. The molecular weight excluding hydrogens is 401 g/mol. The van der Waals surface area contributed by atoms with Crippen molar-refractivity contribution in [1.82, 2.24) is 20.4 Å². The highest BCUT2D eigenvalue weighted by molar-refractivity contribution is 14.0. The van der Waals surface area contributed by atoms with Crippen LogP contribution in [-0.4, -0.2) is 74.2 Å². The molecule has 2 aliphatic heterocycles. The Kier molecular flexibility index (Phi) is 7.88. The minimum Gasteiger partial charge on any atom is -0.356 e. The third-order valence-electron chi connectivity index (χ3n) is 5.57. The summed E-state index contributed by atoms with van der Waals surface area (Å²) in [5, 5.41) is 7.07. The SMILES string of the molecule is CCN1CCCC1CNC(=NC)NCC1CCN(C2CC2)C1.I. The number of nitrogens with one attached hydrogen (secondary N) is 2. The topological polar surface area (TPSA) is 42.9 Å². The predicted molar refractivity (Wildman–Crippen MR) is 108 cm³/mol. The number of rotatable bonds is 6. The number of likely N-dealkylation sites (tertiary alicyclic amines) is 2. The van der Waals surface area contributed by atoms with Crippen LogP contribution in [0.1, 0.15) is 39.0 Å². The number of nitrogens with zero attached hydrogens (tertiary/aromatic N) is 3. The molecule has 2 saturated heterocycles. The van der Waals surface area contributed by atoms with Crippen molar-refractivity contribution >= 4 is 29.9 Å². The number of hydrogen-bond donors (Lipinski definition) is 2. The van der Waals surface area contributed by atoms with Crippen LogP contribution in [0.25, 0.3) is 0 Å². The number of likely N-dealkylation sites (N-methyl/N-ethyl adjacent to an activating group) is 1. The summed E-state index contributed by atoms with van der Waals surface area (Å²) >= 11 is 0. The Morgan fingerprint density at radius 1 is 1.09 bits per heavy atom. The lowest BCUT2D eigenvalue weighted by atomic mass is 10.1. The van der Waals surface area contributed by atoms with Gasteiger partial charge in [-0.1, -0.05) is 6.92 Å². The molecule has 6 heteroatoms. The van der Waals surface area contributed by atoms with E-state index in [1.54, 1.807) is 0 Å². The van der Waals surface area contributed by atoms with Crippen LogP contribution in [0, 0.1) is 5.92 Å². The number of aliphatic imine (C=N–C) groups is 1. The first-order valence-electron chi connectivity index (χ1n) is 9.22. The fraction of sp³-hybridized carbons (Fsp3) is 0.941. The lowest BCUT2D eigenvalue weighted by Crippen LogP contribution is -2.46. The molecule has 23 heavy (non-hydrogen) atoms. The van der Waals surface area contributed by atoms with Gasteiger partial charge >= 0.3 is 0 Å². The molecule has 2 heterocycles. The third-order valence-corrected chi connectivity index (χ3v) is 5.57. The molecule has 1 saturated carbocycles. The predicted octanol–water partition coefficient (Wildman–Crippen LogP) is 1.74. The zero-order chi connectivity index (χ0) is 15.4. The van der Waals surface area contributed by atoms with Gasteiger partial charge in [0, 0.05) is 38.8 Å². The van der Waals surface area contributed by atoms with Gasteiger partial charge in [-0.3, -0.25) is 9.89 Å². The van der Waals surface area contributed by atoms with Gasteiger partial charge in [0.2, 0.25) is 0 Å². The quantitative estimate of drug-likeness (QED) is 0.379. The van der Waals surface area contributed by atoms with Crippen LogP contribution >= 0.6 is 24.0 Å². The Morgan fingerprint density at radius 2 is 1.87 bits per heavy atom. The van der Waals surface area contributed by atoms with Crippen molar-refractivity contribution in [3.8, 4) is 0 Å². The molecule has 3 rings (SSSR count). The maximum absolute atomic E-state index is 4.39. The maximum atomic E-state index is 4.39. The molecule has 5 nitrogen and oxygen atoms in total. The molecule has 0 radical (unpaired) electrons. The average molecular weight is 435 g/mol. The lowest BCUT2D eigenvalue weighted by molar-refractivity contribution is 0.267. The Hall–Kier alpha value is -0.0800. The summed E-state index contributed by atoms with van der Waals surface area (Å²) < 4.78 is 0. The van der Waals surface area contributed by atoms with E-state index in [-0.39, 0.29) is 24.0 Å². The van der Waals surface area contributed by atoms with Crippen molar-refractivity contribution in [3.05, 3.63) is 0 Å². The van der Waals surface area contributed by atoms with E-state index in [0.717, 1.165) is 37.6 Å². The maximum Gasteiger partial charge on any atom is 0.191 e. The number of hydrogen-bond acceptors (Lipinski definition) is 3. The Labute approximate surface area is 158 Å². The fourth-order valence-corrected chi connectivity index (χ4v) is 4.02. The van der Waals surface area contributed by atoms with Gasteiger partial charge in [0.15, 0.2) is 5.96 Å². The molecule has 1 aliphatic carbocycles. The monoisotopic (exact) mass is 435 g/mol. The smallest absolute Gasteiger partial charge is 0.191 e. The highest BCUT2D eigenvalue weighted by Crippen LogP contribution is 2.31. The van der Waals surface area contributed by atoms with Crippen LogP contribution in [0.4, 0.5) is 0 Å². The van der Waals surface area contributed by atoms with E-state index in [2.05, 4.69) is 32.3 Å². The van der Waals surface area contributed by atoms with E-state index >= 15 is 0 Å². The summed E-state index contributed by atoms with van der Waals surface area (Å²) in [6.07, 6.45) is 6.85. The molecule has 2 atom stereocenters. The van der Waals surface area contributed by atoms with E-state index in [0.29, 0.717) is 6.04 Å². The second kappa shape index (κ2) is 9.42. The van der Waals surface area contributed by atoms with Crippen LogP contribution in [0.3, 0.4) is 0 Å².